The van der Waals surface area contributed by atoms with Crippen molar-refractivity contribution in [2.45, 2.75) is 50.8 Å². The molecule has 1 heterocycles. The summed E-state index contributed by atoms with van der Waals surface area (Å²) in [6, 6.07) is 4.14. The van der Waals surface area contributed by atoms with Crippen LogP contribution in [0.5, 0.6) is 11.5 Å². The van der Waals surface area contributed by atoms with Crippen LogP contribution in [0.1, 0.15) is 37.7 Å². The Morgan fingerprint density at radius 1 is 1.22 bits per heavy atom. The van der Waals surface area contributed by atoms with E-state index in [1.54, 1.807) is 19.3 Å². The lowest BCUT2D eigenvalue weighted by Crippen LogP contribution is -2.44. The fraction of sp³-hybridized carbons (Fsp3) is 0.560. The lowest BCUT2D eigenvalue weighted by Gasteiger charge is -2.37. The Bertz CT molecular complexity index is 791. The van der Waals surface area contributed by atoms with E-state index in [4.69, 9.17) is 14.2 Å². The van der Waals surface area contributed by atoms with Gasteiger partial charge in [-0.1, -0.05) is 31.6 Å². The molecule has 1 aromatic rings. The first-order valence-corrected chi connectivity index (χ1v) is 11.4. The van der Waals surface area contributed by atoms with Crippen LogP contribution in [0.2, 0.25) is 0 Å². The standard InChI is InChI=1S/C25H36N2O5/c1-4-14-31-18-20(28)16-26-13-12-24(29)27(19-8-6-7-9-19)17-21-22(26)10-11-23(30-3)25(21)32-15-5-2/h4-5,10-11,19-20,28H,1-2,6-9,12-18H2,3H3. The molecular weight excluding hydrogens is 408 g/mol. The molecule has 1 aliphatic heterocycles. The first-order valence-electron chi connectivity index (χ1n) is 11.4. The number of β-amino-alcohol motifs (C(OH)–C–C–N with tert-alkyl or cyclic N) is 1. The fourth-order valence-corrected chi connectivity index (χ4v) is 4.59. The van der Waals surface area contributed by atoms with E-state index in [0.29, 0.717) is 50.8 Å². The predicted octanol–water partition coefficient (Wildman–Crippen LogP) is 3.30. The van der Waals surface area contributed by atoms with Gasteiger partial charge < -0.3 is 29.1 Å². The van der Waals surface area contributed by atoms with Crippen molar-refractivity contribution in [1.82, 2.24) is 4.90 Å². The monoisotopic (exact) mass is 444 g/mol. The molecule has 1 N–H and O–H groups in total. The summed E-state index contributed by atoms with van der Waals surface area (Å²) in [7, 11) is 1.61. The molecule has 1 unspecified atom stereocenters. The third-order valence-corrected chi connectivity index (χ3v) is 6.09. The van der Waals surface area contributed by atoms with Gasteiger partial charge in [-0.3, -0.25) is 4.79 Å². The van der Waals surface area contributed by atoms with Gasteiger partial charge in [0.1, 0.15) is 6.61 Å². The topological polar surface area (TPSA) is 71.5 Å². The molecule has 0 saturated heterocycles. The van der Waals surface area contributed by atoms with E-state index >= 15 is 0 Å². The lowest BCUT2D eigenvalue weighted by molar-refractivity contribution is -0.134. The van der Waals surface area contributed by atoms with Crippen LogP contribution in [0.15, 0.2) is 37.4 Å². The Balaban J connectivity index is 1.97. The number of rotatable bonds is 11. The highest BCUT2D eigenvalue weighted by molar-refractivity contribution is 5.79. The van der Waals surface area contributed by atoms with Crippen LogP contribution in [-0.4, -0.2) is 68.1 Å². The molecule has 7 nitrogen and oxygen atoms in total. The molecule has 1 saturated carbocycles. The van der Waals surface area contributed by atoms with Crippen molar-refractivity contribution in [2.75, 3.05) is 44.9 Å². The number of hydrogen-bond donors (Lipinski definition) is 1. The summed E-state index contributed by atoms with van der Waals surface area (Å²) in [6.45, 7) is 9.65. The van der Waals surface area contributed by atoms with Crippen LogP contribution in [0, 0.1) is 0 Å². The molecule has 1 amide bonds. The zero-order valence-electron chi connectivity index (χ0n) is 19.1. The normalized spacial score (nSPS) is 18.0. The molecule has 0 radical (unpaired) electrons. The molecule has 1 aromatic carbocycles. The number of anilines is 1. The Labute approximate surface area is 191 Å². The van der Waals surface area contributed by atoms with Gasteiger partial charge >= 0.3 is 0 Å². The van der Waals surface area contributed by atoms with Crippen molar-refractivity contribution in [2.24, 2.45) is 0 Å². The Morgan fingerprint density at radius 2 is 1.97 bits per heavy atom. The molecule has 2 aliphatic rings. The zero-order chi connectivity index (χ0) is 22.9. The second-order valence-corrected chi connectivity index (χ2v) is 8.33. The first-order chi connectivity index (χ1) is 15.6. The number of fused-ring (bicyclic) bond motifs is 1. The summed E-state index contributed by atoms with van der Waals surface area (Å²) in [5.41, 5.74) is 1.86. The van der Waals surface area contributed by atoms with Crippen LogP contribution in [0.4, 0.5) is 5.69 Å². The van der Waals surface area contributed by atoms with Crippen LogP contribution in [0.25, 0.3) is 0 Å². The van der Waals surface area contributed by atoms with Crippen molar-refractivity contribution in [3.8, 4) is 11.5 Å². The number of aliphatic hydroxyl groups is 1. The summed E-state index contributed by atoms with van der Waals surface area (Å²) in [5, 5.41) is 10.6. The zero-order valence-corrected chi connectivity index (χ0v) is 19.1. The third-order valence-electron chi connectivity index (χ3n) is 6.09. The van der Waals surface area contributed by atoms with E-state index in [1.807, 2.05) is 17.0 Å². The molecule has 0 spiro atoms. The Hall–Kier alpha value is -2.51. The van der Waals surface area contributed by atoms with E-state index in [-0.39, 0.29) is 18.6 Å². The smallest absolute Gasteiger partial charge is 0.224 e. The minimum absolute atomic E-state index is 0.141. The van der Waals surface area contributed by atoms with Gasteiger partial charge in [0, 0.05) is 36.8 Å². The molecule has 32 heavy (non-hydrogen) atoms. The Morgan fingerprint density at radius 3 is 2.66 bits per heavy atom. The summed E-state index contributed by atoms with van der Waals surface area (Å²) < 4.78 is 17.1. The van der Waals surface area contributed by atoms with Gasteiger partial charge in [0.2, 0.25) is 5.91 Å². The maximum absolute atomic E-state index is 13.2. The van der Waals surface area contributed by atoms with Crippen molar-refractivity contribution >= 4 is 11.6 Å². The van der Waals surface area contributed by atoms with Gasteiger partial charge in [0.05, 0.1) is 33.0 Å². The van der Waals surface area contributed by atoms with Gasteiger partial charge in [0.15, 0.2) is 11.5 Å². The van der Waals surface area contributed by atoms with Gasteiger partial charge in [-0.2, -0.15) is 0 Å². The maximum Gasteiger partial charge on any atom is 0.224 e. The van der Waals surface area contributed by atoms with Crippen molar-refractivity contribution < 1.29 is 24.1 Å². The number of aliphatic hydroxyl groups excluding tert-OH is 1. The molecule has 176 valence electrons. The van der Waals surface area contributed by atoms with E-state index in [0.717, 1.165) is 36.9 Å². The number of ether oxygens (including phenoxy) is 3. The van der Waals surface area contributed by atoms with Crippen LogP contribution in [0.3, 0.4) is 0 Å². The van der Waals surface area contributed by atoms with E-state index in [2.05, 4.69) is 18.1 Å². The SMILES string of the molecule is C=CCOCC(O)CN1CCC(=O)N(C2CCCC2)Cc2c1ccc(OC)c2OCC=C. The van der Waals surface area contributed by atoms with Gasteiger partial charge in [-0.15, -0.1) is 6.58 Å². The average Bonchev–Trinajstić information content (AvgIpc) is 3.32. The molecule has 1 atom stereocenters. The quantitative estimate of drug-likeness (QED) is 0.417. The summed E-state index contributed by atoms with van der Waals surface area (Å²) in [5.74, 6) is 1.40. The largest absolute Gasteiger partial charge is 0.493 e. The summed E-state index contributed by atoms with van der Waals surface area (Å²) in [6.07, 6.45) is 7.45. The molecule has 0 aromatic heterocycles. The number of carbonyl (C=O) groups excluding carboxylic acids is 1. The van der Waals surface area contributed by atoms with Crippen molar-refractivity contribution in [1.29, 1.82) is 0 Å². The van der Waals surface area contributed by atoms with Gasteiger partial charge in [0.25, 0.3) is 0 Å². The lowest BCUT2D eigenvalue weighted by atomic mass is 10.0. The average molecular weight is 445 g/mol. The highest BCUT2D eigenvalue weighted by atomic mass is 16.5. The second kappa shape index (κ2) is 11.9. The highest BCUT2D eigenvalue weighted by Crippen LogP contribution is 2.41. The number of hydrogen-bond acceptors (Lipinski definition) is 6. The number of amides is 1. The number of benzene rings is 1. The van der Waals surface area contributed by atoms with Crippen LogP contribution < -0.4 is 14.4 Å². The maximum atomic E-state index is 13.2. The number of carbonyl (C=O) groups is 1. The Kier molecular flexibility index (Phi) is 9.00. The van der Waals surface area contributed by atoms with Crippen LogP contribution >= 0.6 is 0 Å². The van der Waals surface area contributed by atoms with Gasteiger partial charge in [-0.05, 0) is 25.0 Å². The van der Waals surface area contributed by atoms with Crippen LogP contribution in [-0.2, 0) is 16.1 Å². The molecule has 1 fully saturated rings. The minimum atomic E-state index is -0.692. The number of nitrogens with zero attached hydrogens (tertiary/aromatic N) is 2. The summed E-state index contributed by atoms with van der Waals surface area (Å²) in [4.78, 5) is 17.3. The summed E-state index contributed by atoms with van der Waals surface area (Å²) >= 11 is 0. The fourth-order valence-electron chi connectivity index (χ4n) is 4.59. The molecule has 7 heteroatoms. The first kappa shape index (κ1) is 24.1. The molecule has 3 rings (SSSR count). The molecule has 0 bridgehead atoms. The second-order valence-electron chi connectivity index (χ2n) is 8.33. The minimum Gasteiger partial charge on any atom is -0.493 e. The highest BCUT2D eigenvalue weighted by Gasteiger charge is 2.32. The van der Waals surface area contributed by atoms with E-state index < -0.39 is 6.10 Å². The van der Waals surface area contributed by atoms with Crippen molar-refractivity contribution in [3.05, 3.63) is 43.0 Å². The molecule has 1 aliphatic carbocycles. The third kappa shape index (κ3) is 5.84. The predicted molar refractivity (Wildman–Crippen MR) is 125 cm³/mol. The van der Waals surface area contributed by atoms with E-state index in [1.165, 1.54) is 0 Å². The van der Waals surface area contributed by atoms with E-state index in [9.17, 15) is 9.90 Å². The van der Waals surface area contributed by atoms with Gasteiger partial charge in [-0.25, -0.2) is 0 Å². The molecular formula is C25H36N2O5. The van der Waals surface area contributed by atoms with Crippen molar-refractivity contribution in [3.63, 3.8) is 0 Å². The number of methoxy groups -OCH3 is 1.